The van der Waals surface area contributed by atoms with E-state index in [1.165, 1.54) is 22.3 Å². The summed E-state index contributed by atoms with van der Waals surface area (Å²) in [6.45, 7) is 1.93. The fraction of sp³-hybridized carbons (Fsp3) is 0.292. The van der Waals surface area contributed by atoms with Crippen LogP contribution in [0.25, 0.3) is 11.3 Å². The van der Waals surface area contributed by atoms with Crippen molar-refractivity contribution in [1.82, 2.24) is 10.2 Å². The number of carbonyl (C=O) groups is 1. The molecular formula is C24H24Cl2N2O. The van der Waals surface area contributed by atoms with Crippen molar-refractivity contribution in [2.45, 2.75) is 25.7 Å². The monoisotopic (exact) mass is 426 g/mol. The number of hydrogen-bond donors (Lipinski definition) is 1. The Morgan fingerprint density at radius 2 is 1.90 bits per heavy atom. The maximum absolute atomic E-state index is 12.9. The molecule has 0 aromatic heterocycles. The van der Waals surface area contributed by atoms with Gasteiger partial charge in [-0.1, -0.05) is 47.5 Å². The van der Waals surface area contributed by atoms with E-state index in [4.69, 9.17) is 23.2 Å². The second kappa shape index (κ2) is 8.74. The van der Waals surface area contributed by atoms with Gasteiger partial charge >= 0.3 is 0 Å². The van der Waals surface area contributed by atoms with Crippen molar-refractivity contribution in [3.8, 4) is 0 Å². The van der Waals surface area contributed by atoms with Crippen LogP contribution in [0.15, 0.2) is 48.6 Å². The van der Waals surface area contributed by atoms with Crippen LogP contribution in [0.1, 0.15) is 35.1 Å². The van der Waals surface area contributed by atoms with Crippen molar-refractivity contribution in [2.24, 2.45) is 0 Å². The van der Waals surface area contributed by atoms with E-state index in [0.717, 1.165) is 37.2 Å². The number of amides is 1. The van der Waals surface area contributed by atoms with Crippen LogP contribution in [0.4, 0.5) is 0 Å². The number of rotatable bonds is 5. The first-order valence-electron chi connectivity index (χ1n) is 9.96. The molecule has 29 heavy (non-hydrogen) atoms. The fourth-order valence-corrected chi connectivity index (χ4v) is 4.59. The maximum Gasteiger partial charge on any atom is 0.227 e. The Morgan fingerprint density at radius 1 is 1.10 bits per heavy atom. The molecule has 0 bridgehead atoms. The summed E-state index contributed by atoms with van der Waals surface area (Å²) in [7, 11) is 1.87. The zero-order valence-electron chi connectivity index (χ0n) is 16.5. The van der Waals surface area contributed by atoms with Gasteiger partial charge in [0.05, 0.1) is 0 Å². The molecule has 1 heterocycles. The lowest BCUT2D eigenvalue weighted by molar-refractivity contribution is -0.126. The smallest absolute Gasteiger partial charge is 0.227 e. The van der Waals surface area contributed by atoms with E-state index in [1.54, 1.807) is 11.0 Å². The van der Waals surface area contributed by atoms with Crippen molar-refractivity contribution in [2.75, 3.05) is 20.1 Å². The normalized spacial score (nSPS) is 15.6. The Morgan fingerprint density at radius 3 is 2.62 bits per heavy atom. The Balaban J connectivity index is 1.48. The van der Waals surface area contributed by atoms with Gasteiger partial charge in [0.15, 0.2) is 0 Å². The first-order valence-corrected chi connectivity index (χ1v) is 10.7. The van der Waals surface area contributed by atoms with E-state index in [1.807, 2.05) is 19.2 Å². The van der Waals surface area contributed by atoms with E-state index in [9.17, 15) is 4.79 Å². The number of benzene rings is 2. The molecule has 0 unspecified atom stereocenters. The average molecular weight is 427 g/mol. The summed E-state index contributed by atoms with van der Waals surface area (Å²) < 4.78 is 0. The third-order valence-corrected chi connectivity index (χ3v) is 6.06. The van der Waals surface area contributed by atoms with Gasteiger partial charge in [-0.05, 0) is 72.3 Å². The average Bonchev–Trinajstić information content (AvgIpc) is 3.14. The van der Waals surface area contributed by atoms with Gasteiger partial charge in [-0.2, -0.15) is 0 Å². The molecule has 0 saturated heterocycles. The van der Waals surface area contributed by atoms with Crippen molar-refractivity contribution < 1.29 is 4.79 Å². The molecule has 1 amide bonds. The minimum atomic E-state index is 0.0895. The lowest BCUT2D eigenvalue weighted by Crippen LogP contribution is -2.25. The number of nitrogens with one attached hydrogen (secondary N) is 1. The zero-order valence-corrected chi connectivity index (χ0v) is 18.0. The summed E-state index contributed by atoms with van der Waals surface area (Å²) in [6, 6.07) is 12.1. The van der Waals surface area contributed by atoms with E-state index < -0.39 is 0 Å². The van der Waals surface area contributed by atoms with Gasteiger partial charge in [-0.15, -0.1) is 0 Å². The molecule has 2 aliphatic rings. The highest BCUT2D eigenvalue weighted by molar-refractivity contribution is 6.34. The summed E-state index contributed by atoms with van der Waals surface area (Å²) in [5, 5.41) is 4.55. The molecule has 0 fully saturated rings. The molecule has 4 rings (SSSR count). The zero-order chi connectivity index (χ0) is 20.4. The summed E-state index contributed by atoms with van der Waals surface area (Å²) >= 11 is 12.1. The molecule has 1 aliphatic heterocycles. The van der Waals surface area contributed by atoms with Crippen molar-refractivity contribution >= 4 is 40.4 Å². The van der Waals surface area contributed by atoms with Gasteiger partial charge in [-0.25, -0.2) is 0 Å². The number of hydrogen-bond acceptors (Lipinski definition) is 2. The van der Waals surface area contributed by atoms with Crippen LogP contribution in [-0.2, 0) is 17.6 Å². The Hall–Kier alpha value is -2.07. The summed E-state index contributed by atoms with van der Waals surface area (Å²) in [5.41, 5.74) is 7.07. The topological polar surface area (TPSA) is 32.3 Å². The predicted molar refractivity (Wildman–Crippen MR) is 121 cm³/mol. The van der Waals surface area contributed by atoms with E-state index >= 15 is 0 Å². The molecule has 3 nitrogen and oxygen atoms in total. The second-order valence-electron chi connectivity index (χ2n) is 7.58. The van der Waals surface area contributed by atoms with E-state index in [-0.39, 0.29) is 5.91 Å². The van der Waals surface area contributed by atoms with Crippen LogP contribution < -0.4 is 5.32 Å². The van der Waals surface area contributed by atoms with Gasteiger partial charge in [0.2, 0.25) is 5.91 Å². The number of halogens is 2. The lowest BCUT2D eigenvalue weighted by Gasteiger charge is -2.21. The van der Waals surface area contributed by atoms with Crippen molar-refractivity contribution in [1.29, 1.82) is 0 Å². The summed E-state index contributed by atoms with van der Waals surface area (Å²) in [4.78, 5) is 14.7. The number of nitrogens with zero attached hydrogens (tertiary/aromatic N) is 1. The van der Waals surface area contributed by atoms with Crippen LogP contribution in [-0.4, -0.2) is 30.9 Å². The van der Waals surface area contributed by atoms with Crippen LogP contribution in [0.3, 0.4) is 0 Å². The minimum Gasteiger partial charge on any atom is -0.315 e. The second-order valence-corrected chi connectivity index (χ2v) is 8.45. The Kier molecular flexibility index (Phi) is 6.09. The van der Waals surface area contributed by atoms with Gasteiger partial charge < -0.3 is 10.2 Å². The van der Waals surface area contributed by atoms with Crippen LogP contribution in [0, 0.1) is 0 Å². The third kappa shape index (κ3) is 4.58. The molecule has 2 aromatic rings. The van der Waals surface area contributed by atoms with Crippen LogP contribution in [0.2, 0.25) is 10.0 Å². The van der Waals surface area contributed by atoms with Gasteiger partial charge in [0, 0.05) is 41.3 Å². The quantitative estimate of drug-likeness (QED) is 0.697. The molecule has 0 saturated carbocycles. The highest BCUT2D eigenvalue weighted by Gasteiger charge is 2.22. The molecule has 0 radical (unpaired) electrons. The minimum absolute atomic E-state index is 0.0895. The number of fused-ring (bicyclic) bond motifs is 1. The largest absolute Gasteiger partial charge is 0.315 e. The number of aryl methyl sites for hydroxylation is 1. The van der Waals surface area contributed by atoms with Crippen LogP contribution >= 0.6 is 23.2 Å². The Bertz CT molecular complexity index is 990. The molecule has 1 N–H and O–H groups in total. The van der Waals surface area contributed by atoms with Gasteiger partial charge in [0.25, 0.3) is 0 Å². The van der Waals surface area contributed by atoms with Crippen molar-refractivity contribution in [3.05, 3.63) is 80.8 Å². The highest BCUT2D eigenvalue weighted by atomic mass is 35.5. The molecule has 150 valence electrons. The first kappa shape index (κ1) is 20.2. The number of carbonyl (C=O) groups excluding carboxylic acids is 1. The molecule has 1 aliphatic carbocycles. The molecule has 5 heteroatoms. The lowest BCUT2D eigenvalue weighted by atomic mass is 9.96. The van der Waals surface area contributed by atoms with Crippen LogP contribution in [0.5, 0.6) is 0 Å². The summed E-state index contributed by atoms with van der Waals surface area (Å²) in [5.74, 6) is 0.0895. The standard InChI is InChI=1S/C24H24Cl2N2O/c1-28(24(29)7-2-16-12-20(25)15-21(26)13-16)23-6-5-18-3-4-19(14-22(18)23)17-8-10-27-11-9-17/h3-4,6,8,12-15,27H,2,5,7,9-11H2,1H3. The summed E-state index contributed by atoms with van der Waals surface area (Å²) in [6.07, 6.45) is 7.34. The van der Waals surface area contributed by atoms with Crippen molar-refractivity contribution in [3.63, 3.8) is 0 Å². The van der Waals surface area contributed by atoms with Gasteiger partial charge in [-0.3, -0.25) is 4.79 Å². The van der Waals surface area contributed by atoms with E-state index in [2.05, 4.69) is 35.7 Å². The van der Waals surface area contributed by atoms with Gasteiger partial charge in [0.1, 0.15) is 0 Å². The molecule has 0 spiro atoms. The number of allylic oxidation sites excluding steroid dienone is 1. The third-order valence-electron chi connectivity index (χ3n) is 5.62. The highest BCUT2D eigenvalue weighted by Crippen LogP contribution is 2.33. The predicted octanol–water partition coefficient (Wildman–Crippen LogP) is 5.36. The Labute approximate surface area is 182 Å². The molecule has 2 aromatic carbocycles. The SMILES string of the molecule is CN(C(=O)CCc1cc(Cl)cc(Cl)c1)C1=CCc2ccc(C3=CCNCC3)cc21. The fourth-order valence-electron chi connectivity index (χ4n) is 4.02. The first-order chi connectivity index (χ1) is 14.0. The maximum atomic E-state index is 12.9. The molecular weight excluding hydrogens is 403 g/mol. The van der Waals surface area contributed by atoms with E-state index in [0.29, 0.717) is 22.9 Å². The molecule has 0 atom stereocenters.